The van der Waals surface area contributed by atoms with E-state index >= 15 is 0 Å². The predicted octanol–water partition coefficient (Wildman–Crippen LogP) is 2.47. The van der Waals surface area contributed by atoms with Crippen molar-refractivity contribution in [3.8, 4) is 0 Å². The fraction of sp³-hybridized carbons (Fsp3) is 0.500. The van der Waals surface area contributed by atoms with Crippen LogP contribution in [0.4, 0.5) is 5.69 Å². The number of carbonyl (C=O) groups excluding carboxylic acids is 2. The standard InChI is InChI=1S/C22H29N5O3/c1-15-12-16-13-17(7-8-19(16)30-15)24-22(23)25-18-6-2-3-11-27(21(18)29)14-20(28)26-9-4-5-10-26/h7-8,12-13,18H,2-6,9-11,14H2,1H3,(H3,23,24,25). The van der Waals surface area contributed by atoms with Crippen molar-refractivity contribution in [2.45, 2.75) is 45.1 Å². The van der Waals surface area contributed by atoms with Crippen molar-refractivity contribution in [1.29, 1.82) is 0 Å². The highest BCUT2D eigenvalue weighted by molar-refractivity contribution is 5.97. The number of anilines is 1. The monoisotopic (exact) mass is 411 g/mol. The van der Waals surface area contributed by atoms with E-state index in [0.29, 0.717) is 13.0 Å². The quantitative estimate of drug-likeness (QED) is 0.594. The van der Waals surface area contributed by atoms with Gasteiger partial charge in [-0.3, -0.25) is 9.59 Å². The molecule has 1 atom stereocenters. The fourth-order valence-electron chi connectivity index (χ4n) is 4.19. The molecule has 0 bridgehead atoms. The first kappa shape index (κ1) is 20.3. The van der Waals surface area contributed by atoms with Crippen LogP contribution in [0.25, 0.3) is 11.0 Å². The van der Waals surface area contributed by atoms with Crippen molar-refractivity contribution in [3.63, 3.8) is 0 Å². The minimum Gasteiger partial charge on any atom is -0.461 e. The van der Waals surface area contributed by atoms with E-state index in [1.807, 2.05) is 36.1 Å². The summed E-state index contributed by atoms with van der Waals surface area (Å²) in [5.41, 5.74) is 7.71. The van der Waals surface area contributed by atoms with Gasteiger partial charge in [0.2, 0.25) is 11.8 Å². The van der Waals surface area contributed by atoms with E-state index in [4.69, 9.17) is 10.2 Å². The summed E-state index contributed by atoms with van der Waals surface area (Å²) in [5.74, 6) is 0.947. The van der Waals surface area contributed by atoms with Gasteiger partial charge < -0.3 is 25.3 Å². The molecule has 4 rings (SSSR count). The van der Waals surface area contributed by atoms with Crippen LogP contribution >= 0.6 is 0 Å². The highest BCUT2D eigenvalue weighted by Gasteiger charge is 2.30. The van der Waals surface area contributed by atoms with Crippen LogP contribution in [-0.2, 0) is 9.59 Å². The molecule has 1 aromatic carbocycles. The van der Waals surface area contributed by atoms with Gasteiger partial charge in [-0.2, -0.15) is 0 Å². The predicted molar refractivity (Wildman–Crippen MR) is 116 cm³/mol. The Kier molecular flexibility index (Phi) is 5.92. The van der Waals surface area contributed by atoms with Gasteiger partial charge in [0.05, 0.1) is 6.54 Å². The zero-order valence-electron chi connectivity index (χ0n) is 17.4. The lowest BCUT2D eigenvalue weighted by molar-refractivity contribution is -0.140. The summed E-state index contributed by atoms with van der Waals surface area (Å²) in [6, 6.07) is 7.07. The van der Waals surface area contributed by atoms with E-state index in [-0.39, 0.29) is 24.3 Å². The number of rotatable bonds is 4. The molecule has 2 aliphatic heterocycles. The van der Waals surface area contributed by atoms with Crippen molar-refractivity contribution in [1.82, 2.24) is 9.80 Å². The van der Waals surface area contributed by atoms with E-state index in [1.165, 1.54) is 0 Å². The number of guanidine groups is 1. The molecule has 2 fully saturated rings. The number of carbonyl (C=O) groups is 2. The van der Waals surface area contributed by atoms with Gasteiger partial charge in [-0.1, -0.05) is 0 Å². The van der Waals surface area contributed by atoms with E-state index in [0.717, 1.165) is 61.2 Å². The molecule has 0 saturated carbocycles. The molecule has 0 radical (unpaired) electrons. The molecule has 2 aromatic rings. The third-order valence-corrected chi connectivity index (χ3v) is 5.74. The number of amides is 2. The SMILES string of the molecule is Cc1cc2cc(NC(N)=NC3CCCCN(CC(=O)N4CCCC4)C3=O)ccc2o1. The van der Waals surface area contributed by atoms with Crippen LogP contribution in [0, 0.1) is 6.92 Å². The molecule has 30 heavy (non-hydrogen) atoms. The lowest BCUT2D eigenvalue weighted by Crippen LogP contribution is -2.45. The molecule has 2 saturated heterocycles. The Morgan fingerprint density at radius 2 is 1.97 bits per heavy atom. The smallest absolute Gasteiger partial charge is 0.247 e. The lowest BCUT2D eigenvalue weighted by Gasteiger charge is -2.25. The number of furan rings is 1. The van der Waals surface area contributed by atoms with Gasteiger partial charge in [0, 0.05) is 30.7 Å². The highest BCUT2D eigenvalue weighted by Crippen LogP contribution is 2.23. The maximum Gasteiger partial charge on any atom is 0.247 e. The van der Waals surface area contributed by atoms with Gasteiger partial charge in [0.15, 0.2) is 5.96 Å². The Labute approximate surface area is 176 Å². The van der Waals surface area contributed by atoms with Crippen LogP contribution in [0.2, 0.25) is 0 Å². The highest BCUT2D eigenvalue weighted by atomic mass is 16.3. The van der Waals surface area contributed by atoms with Crippen LogP contribution in [0.1, 0.15) is 37.9 Å². The van der Waals surface area contributed by atoms with Gasteiger partial charge in [-0.05, 0) is 63.3 Å². The molecule has 0 aliphatic carbocycles. The molecule has 3 N–H and O–H groups in total. The number of hydrogen-bond acceptors (Lipinski definition) is 4. The van der Waals surface area contributed by atoms with Gasteiger partial charge in [-0.25, -0.2) is 4.99 Å². The first-order valence-corrected chi connectivity index (χ1v) is 10.7. The average molecular weight is 412 g/mol. The summed E-state index contributed by atoms with van der Waals surface area (Å²) in [4.78, 5) is 33.5. The Bertz CT molecular complexity index is 961. The third kappa shape index (κ3) is 4.58. The molecule has 0 spiro atoms. The summed E-state index contributed by atoms with van der Waals surface area (Å²) < 4.78 is 5.59. The largest absolute Gasteiger partial charge is 0.461 e. The number of aryl methyl sites for hydroxylation is 1. The molecule has 8 nitrogen and oxygen atoms in total. The summed E-state index contributed by atoms with van der Waals surface area (Å²) in [7, 11) is 0. The van der Waals surface area contributed by atoms with Crippen LogP contribution in [-0.4, -0.2) is 59.8 Å². The van der Waals surface area contributed by atoms with Crippen molar-refractivity contribution in [2.24, 2.45) is 10.7 Å². The zero-order chi connectivity index (χ0) is 21.1. The average Bonchev–Trinajstić information content (AvgIpc) is 3.34. The van der Waals surface area contributed by atoms with Crippen molar-refractivity contribution < 1.29 is 14.0 Å². The van der Waals surface area contributed by atoms with E-state index in [2.05, 4.69) is 10.3 Å². The number of nitrogens with zero attached hydrogens (tertiary/aromatic N) is 3. The Morgan fingerprint density at radius 1 is 1.20 bits per heavy atom. The maximum absolute atomic E-state index is 13.0. The van der Waals surface area contributed by atoms with E-state index in [9.17, 15) is 9.59 Å². The van der Waals surface area contributed by atoms with Crippen LogP contribution in [0.3, 0.4) is 0 Å². The topological polar surface area (TPSA) is 104 Å². The van der Waals surface area contributed by atoms with Crippen molar-refractivity contribution in [2.75, 3.05) is 31.5 Å². The Morgan fingerprint density at radius 3 is 2.77 bits per heavy atom. The second-order valence-corrected chi connectivity index (χ2v) is 8.11. The minimum atomic E-state index is -0.564. The number of likely N-dealkylation sites (tertiary alicyclic amines) is 2. The van der Waals surface area contributed by atoms with Crippen LogP contribution in [0.15, 0.2) is 33.7 Å². The Hall–Kier alpha value is -3.03. The number of nitrogens with one attached hydrogen (secondary N) is 1. The molecule has 3 heterocycles. The Balaban J connectivity index is 1.43. The first-order valence-electron chi connectivity index (χ1n) is 10.7. The lowest BCUT2D eigenvalue weighted by atomic mass is 10.1. The number of benzene rings is 1. The molecule has 2 amide bonds. The van der Waals surface area contributed by atoms with E-state index < -0.39 is 6.04 Å². The molecular formula is C22H29N5O3. The van der Waals surface area contributed by atoms with Gasteiger partial charge in [0.25, 0.3) is 0 Å². The van der Waals surface area contributed by atoms with E-state index in [1.54, 1.807) is 4.90 Å². The second-order valence-electron chi connectivity index (χ2n) is 8.11. The maximum atomic E-state index is 13.0. The normalized spacial score (nSPS) is 20.6. The third-order valence-electron chi connectivity index (χ3n) is 5.74. The number of fused-ring (bicyclic) bond motifs is 1. The summed E-state index contributed by atoms with van der Waals surface area (Å²) in [6.07, 6.45) is 4.46. The number of hydrogen-bond donors (Lipinski definition) is 2. The molecule has 8 heteroatoms. The van der Waals surface area contributed by atoms with Crippen molar-refractivity contribution in [3.05, 3.63) is 30.0 Å². The number of aliphatic imine (C=N–C) groups is 1. The second kappa shape index (κ2) is 8.77. The summed E-state index contributed by atoms with van der Waals surface area (Å²) in [6.45, 7) is 4.21. The summed E-state index contributed by atoms with van der Waals surface area (Å²) in [5, 5.41) is 4.05. The first-order chi connectivity index (χ1) is 14.5. The van der Waals surface area contributed by atoms with Crippen molar-refractivity contribution >= 4 is 34.4 Å². The van der Waals surface area contributed by atoms with Gasteiger partial charge in [0.1, 0.15) is 17.4 Å². The molecule has 2 aliphatic rings. The molecule has 1 unspecified atom stereocenters. The fourth-order valence-corrected chi connectivity index (χ4v) is 4.19. The zero-order valence-corrected chi connectivity index (χ0v) is 17.4. The van der Waals surface area contributed by atoms with Gasteiger partial charge in [-0.15, -0.1) is 0 Å². The minimum absolute atomic E-state index is 0.0280. The molecule has 160 valence electrons. The number of nitrogens with two attached hydrogens (primary N) is 1. The molecular weight excluding hydrogens is 382 g/mol. The van der Waals surface area contributed by atoms with Crippen LogP contribution < -0.4 is 11.1 Å². The van der Waals surface area contributed by atoms with Crippen LogP contribution in [0.5, 0.6) is 0 Å². The summed E-state index contributed by atoms with van der Waals surface area (Å²) >= 11 is 0. The van der Waals surface area contributed by atoms with Gasteiger partial charge >= 0.3 is 0 Å². The molecule has 1 aromatic heterocycles.